The molecule has 0 aliphatic rings. The van der Waals surface area contributed by atoms with E-state index in [0.717, 1.165) is 10.6 Å². The Hall–Kier alpha value is -2.28. The first-order valence-corrected chi connectivity index (χ1v) is 7.55. The Morgan fingerprint density at radius 3 is 2.76 bits per heavy atom. The molecular weight excluding hydrogens is 286 g/mol. The molecule has 0 atom stereocenters. The van der Waals surface area contributed by atoms with E-state index in [9.17, 15) is 4.79 Å². The summed E-state index contributed by atoms with van der Waals surface area (Å²) in [6, 6.07) is 9.34. The number of rotatable bonds is 6. The van der Waals surface area contributed by atoms with Crippen molar-refractivity contribution in [1.29, 1.82) is 0 Å². The van der Waals surface area contributed by atoms with Crippen LogP contribution in [0.3, 0.4) is 0 Å². The second kappa shape index (κ2) is 6.94. The second-order valence-corrected chi connectivity index (χ2v) is 5.27. The number of carbonyl (C=O) groups is 1. The van der Waals surface area contributed by atoms with E-state index in [0.29, 0.717) is 18.1 Å². The van der Waals surface area contributed by atoms with Gasteiger partial charge in [-0.1, -0.05) is 18.2 Å². The normalized spacial score (nSPS) is 10.3. The van der Waals surface area contributed by atoms with Crippen molar-refractivity contribution in [3.05, 3.63) is 42.2 Å². The van der Waals surface area contributed by atoms with Crippen molar-refractivity contribution in [2.24, 2.45) is 5.73 Å². The topological polar surface area (TPSA) is 98.1 Å². The summed E-state index contributed by atoms with van der Waals surface area (Å²) in [4.78, 5) is 21.4. The van der Waals surface area contributed by atoms with Crippen LogP contribution in [0.4, 0.5) is 11.5 Å². The third-order valence-electron chi connectivity index (χ3n) is 2.92. The maximum absolute atomic E-state index is 11.3. The first-order valence-electron chi connectivity index (χ1n) is 6.33. The number of para-hydroxylation sites is 1. The fourth-order valence-corrected chi connectivity index (χ4v) is 2.28. The van der Waals surface area contributed by atoms with Crippen molar-refractivity contribution in [2.45, 2.75) is 11.6 Å². The molecule has 4 N–H and O–H groups in total. The van der Waals surface area contributed by atoms with Gasteiger partial charge < -0.3 is 16.4 Å². The lowest BCUT2D eigenvalue weighted by molar-refractivity contribution is -0.116. The molecule has 0 unspecified atom stereocenters. The number of thioether (sulfide) groups is 1. The zero-order chi connectivity index (χ0) is 15.2. The summed E-state index contributed by atoms with van der Waals surface area (Å²) in [5, 5.41) is 0.829. The highest BCUT2D eigenvalue weighted by Crippen LogP contribution is 2.21. The van der Waals surface area contributed by atoms with Crippen LogP contribution in [-0.4, -0.2) is 28.7 Å². The first-order chi connectivity index (χ1) is 10.1. The van der Waals surface area contributed by atoms with Gasteiger partial charge in [-0.05, 0) is 17.9 Å². The number of nitrogens with zero attached hydrogens (tertiary/aromatic N) is 3. The van der Waals surface area contributed by atoms with Gasteiger partial charge in [-0.15, -0.1) is 11.8 Å². The zero-order valence-corrected chi connectivity index (χ0v) is 12.5. The predicted molar refractivity (Wildman–Crippen MR) is 84.9 cm³/mol. The molecule has 1 heterocycles. The van der Waals surface area contributed by atoms with Gasteiger partial charge in [0.25, 0.3) is 0 Å². The number of primary amides is 1. The highest BCUT2D eigenvalue weighted by Gasteiger charge is 2.13. The van der Waals surface area contributed by atoms with E-state index in [1.54, 1.807) is 4.90 Å². The standard InChI is InChI=1S/C14H17N5OS/c1-21-14-6-13(17-9-18-14)19(8-12(16)20)7-10-4-2-3-5-11(10)15/h2-6,9H,7-8,15H2,1H3,(H2,16,20). The fourth-order valence-electron chi connectivity index (χ4n) is 1.90. The van der Waals surface area contributed by atoms with Crippen LogP contribution in [-0.2, 0) is 11.3 Å². The summed E-state index contributed by atoms with van der Waals surface area (Å²) in [6.45, 7) is 0.527. The molecular formula is C14H17N5OS. The highest BCUT2D eigenvalue weighted by atomic mass is 32.2. The van der Waals surface area contributed by atoms with Gasteiger partial charge in [0.05, 0.1) is 6.54 Å². The number of amides is 1. The molecule has 1 aromatic heterocycles. The molecule has 0 bridgehead atoms. The summed E-state index contributed by atoms with van der Waals surface area (Å²) >= 11 is 1.51. The average molecular weight is 303 g/mol. The number of anilines is 2. The van der Waals surface area contributed by atoms with E-state index in [-0.39, 0.29) is 6.54 Å². The number of aromatic nitrogens is 2. The van der Waals surface area contributed by atoms with Crippen molar-refractivity contribution < 1.29 is 4.79 Å². The van der Waals surface area contributed by atoms with Crippen molar-refractivity contribution in [2.75, 3.05) is 23.4 Å². The van der Waals surface area contributed by atoms with Gasteiger partial charge in [0.15, 0.2) is 0 Å². The summed E-state index contributed by atoms with van der Waals surface area (Å²) < 4.78 is 0. The Morgan fingerprint density at radius 1 is 1.33 bits per heavy atom. The molecule has 0 aliphatic carbocycles. The van der Waals surface area contributed by atoms with Crippen LogP contribution in [0.15, 0.2) is 41.7 Å². The molecule has 0 aliphatic heterocycles. The van der Waals surface area contributed by atoms with Gasteiger partial charge in [0.1, 0.15) is 17.2 Å². The van der Waals surface area contributed by atoms with E-state index in [1.807, 2.05) is 36.6 Å². The van der Waals surface area contributed by atoms with Crippen molar-refractivity contribution in [3.63, 3.8) is 0 Å². The van der Waals surface area contributed by atoms with E-state index in [4.69, 9.17) is 11.5 Å². The number of benzene rings is 1. The molecule has 21 heavy (non-hydrogen) atoms. The monoisotopic (exact) mass is 303 g/mol. The molecule has 6 nitrogen and oxygen atoms in total. The molecule has 0 saturated heterocycles. The van der Waals surface area contributed by atoms with Gasteiger partial charge in [-0.2, -0.15) is 0 Å². The Morgan fingerprint density at radius 2 is 2.10 bits per heavy atom. The van der Waals surface area contributed by atoms with Crippen LogP contribution in [0, 0.1) is 0 Å². The Labute approximate surface area is 127 Å². The minimum absolute atomic E-state index is 0.0686. The molecule has 1 aromatic carbocycles. The molecule has 0 radical (unpaired) electrons. The van der Waals surface area contributed by atoms with Gasteiger partial charge in [-0.25, -0.2) is 9.97 Å². The summed E-state index contributed by atoms with van der Waals surface area (Å²) in [5.41, 5.74) is 12.9. The molecule has 110 valence electrons. The van der Waals surface area contributed by atoms with Gasteiger partial charge in [0, 0.05) is 18.3 Å². The van der Waals surface area contributed by atoms with Crippen molar-refractivity contribution in [3.8, 4) is 0 Å². The van der Waals surface area contributed by atoms with Crippen LogP contribution in [0.1, 0.15) is 5.56 Å². The molecule has 7 heteroatoms. The maximum Gasteiger partial charge on any atom is 0.237 e. The summed E-state index contributed by atoms with van der Waals surface area (Å²) in [5.74, 6) is 0.227. The van der Waals surface area contributed by atoms with E-state index in [2.05, 4.69) is 9.97 Å². The zero-order valence-electron chi connectivity index (χ0n) is 11.7. The van der Waals surface area contributed by atoms with E-state index in [1.165, 1.54) is 18.1 Å². The van der Waals surface area contributed by atoms with Crippen molar-refractivity contribution >= 4 is 29.2 Å². The lowest BCUT2D eigenvalue weighted by atomic mass is 10.1. The Kier molecular flexibility index (Phi) is 4.99. The Balaban J connectivity index is 2.29. The van der Waals surface area contributed by atoms with Crippen LogP contribution < -0.4 is 16.4 Å². The van der Waals surface area contributed by atoms with Crippen LogP contribution in [0.2, 0.25) is 0 Å². The molecule has 2 rings (SSSR count). The van der Waals surface area contributed by atoms with Crippen molar-refractivity contribution in [1.82, 2.24) is 9.97 Å². The number of hydrogen-bond donors (Lipinski definition) is 2. The molecule has 0 fully saturated rings. The summed E-state index contributed by atoms with van der Waals surface area (Å²) in [6.07, 6.45) is 3.41. The first kappa shape index (κ1) is 15.1. The summed E-state index contributed by atoms with van der Waals surface area (Å²) in [7, 11) is 0. The quantitative estimate of drug-likeness (QED) is 0.474. The molecule has 0 spiro atoms. The van der Waals surface area contributed by atoms with Gasteiger partial charge in [-0.3, -0.25) is 4.79 Å². The number of nitrogen functional groups attached to an aromatic ring is 1. The smallest absolute Gasteiger partial charge is 0.237 e. The number of nitrogens with two attached hydrogens (primary N) is 2. The fraction of sp³-hybridized carbons (Fsp3) is 0.214. The lowest BCUT2D eigenvalue weighted by Crippen LogP contribution is -2.34. The maximum atomic E-state index is 11.3. The molecule has 0 saturated carbocycles. The van der Waals surface area contributed by atoms with Crippen LogP contribution in [0.25, 0.3) is 0 Å². The number of carbonyl (C=O) groups excluding carboxylic acids is 1. The molecule has 1 amide bonds. The van der Waals surface area contributed by atoms with Gasteiger partial charge in [0.2, 0.25) is 5.91 Å². The van der Waals surface area contributed by atoms with E-state index >= 15 is 0 Å². The highest BCUT2D eigenvalue weighted by molar-refractivity contribution is 7.98. The minimum Gasteiger partial charge on any atom is -0.398 e. The van der Waals surface area contributed by atoms with Gasteiger partial charge >= 0.3 is 0 Å². The largest absolute Gasteiger partial charge is 0.398 e. The molecule has 2 aromatic rings. The lowest BCUT2D eigenvalue weighted by Gasteiger charge is -2.23. The average Bonchev–Trinajstić information content (AvgIpc) is 2.48. The second-order valence-electron chi connectivity index (χ2n) is 4.44. The third-order valence-corrected chi connectivity index (χ3v) is 3.57. The van der Waals surface area contributed by atoms with E-state index < -0.39 is 5.91 Å². The number of hydrogen-bond acceptors (Lipinski definition) is 6. The van der Waals surface area contributed by atoms with Crippen LogP contribution >= 0.6 is 11.8 Å². The third kappa shape index (κ3) is 4.09. The SMILES string of the molecule is CSc1cc(N(CC(N)=O)Cc2ccccc2N)ncn1. The minimum atomic E-state index is -0.422. The Bertz CT molecular complexity index is 634. The van der Waals surface area contributed by atoms with Crippen LogP contribution in [0.5, 0.6) is 0 Å². The predicted octanol–water partition coefficient (Wildman–Crippen LogP) is 1.27.